The van der Waals surface area contributed by atoms with Gasteiger partial charge in [-0.15, -0.1) is 0 Å². The van der Waals surface area contributed by atoms with E-state index in [1.807, 2.05) is 18.2 Å². The highest BCUT2D eigenvalue weighted by molar-refractivity contribution is 5.69. The third-order valence-electron chi connectivity index (χ3n) is 3.66. The zero-order valence-corrected chi connectivity index (χ0v) is 14.0. The van der Waals surface area contributed by atoms with Crippen molar-refractivity contribution in [2.24, 2.45) is 0 Å². The number of phenols is 1. The summed E-state index contributed by atoms with van der Waals surface area (Å²) in [6.07, 6.45) is 2.67. The van der Waals surface area contributed by atoms with Crippen molar-refractivity contribution in [1.29, 1.82) is 0 Å². The topological polar surface area (TPSA) is 55.8 Å². The number of aromatic hydroxyl groups is 1. The van der Waals surface area contributed by atoms with Gasteiger partial charge in [-0.25, -0.2) is 0 Å². The first-order valence-electron chi connectivity index (χ1n) is 8.33. The summed E-state index contributed by atoms with van der Waals surface area (Å²) in [6, 6.07) is 15.3. The van der Waals surface area contributed by atoms with E-state index >= 15 is 0 Å². The van der Waals surface area contributed by atoms with E-state index in [0.29, 0.717) is 31.8 Å². The highest BCUT2D eigenvalue weighted by atomic mass is 16.5. The Labute approximate surface area is 143 Å². The molecule has 0 unspecified atom stereocenters. The SMILES string of the molecule is CCOC(=O)CCc1ccc(O)cc1OCCCc1ccccc1. The van der Waals surface area contributed by atoms with E-state index in [4.69, 9.17) is 9.47 Å². The average Bonchev–Trinajstić information content (AvgIpc) is 2.59. The van der Waals surface area contributed by atoms with Crippen LogP contribution >= 0.6 is 0 Å². The van der Waals surface area contributed by atoms with Crippen LogP contribution in [0.5, 0.6) is 11.5 Å². The zero-order valence-electron chi connectivity index (χ0n) is 14.0. The standard InChI is InChI=1S/C20H24O4/c1-2-23-20(22)13-11-17-10-12-18(21)15-19(17)24-14-6-9-16-7-4-3-5-8-16/h3-5,7-8,10,12,15,21H,2,6,9,11,13-14H2,1H3. The highest BCUT2D eigenvalue weighted by Crippen LogP contribution is 2.25. The lowest BCUT2D eigenvalue weighted by molar-refractivity contribution is -0.143. The fourth-order valence-corrected chi connectivity index (χ4v) is 2.46. The second-order valence-corrected chi connectivity index (χ2v) is 5.53. The molecular weight excluding hydrogens is 304 g/mol. The summed E-state index contributed by atoms with van der Waals surface area (Å²) in [5.74, 6) is 0.570. The van der Waals surface area contributed by atoms with Gasteiger partial charge in [0.25, 0.3) is 0 Å². The average molecular weight is 328 g/mol. The number of rotatable bonds is 9. The Bertz CT molecular complexity index is 637. The molecule has 0 aliphatic rings. The van der Waals surface area contributed by atoms with Gasteiger partial charge in [0, 0.05) is 12.5 Å². The van der Waals surface area contributed by atoms with E-state index in [-0.39, 0.29) is 11.7 Å². The van der Waals surface area contributed by atoms with Crippen LogP contribution in [0.3, 0.4) is 0 Å². The third kappa shape index (κ3) is 5.95. The van der Waals surface area contributed by atoms with E-state index in [9.17, 15) is 9.90 Å². The van der Waals surface area contributed by atoms with Crippen molar-refractivity contribution in [3.63, 3.8) is 0 Å². The number of phenolic OH excluding ortho intramolecular Hbond substituents is 1. The first-order chi connectivity index (χ1) is 11.7. The minimum atomic E-state index is -0.222. The summed E-state index contributed by atoms with van der Waals surface area (Å²) in [5.41, 5.74) is 2.18. The molecule has 0 amide bonds. The fraction of sp³-hybridized carbons (Fsp3) is 0.350. The molecule has 0 spiro atoms. The molecule has 0 aromatic heterocycles. The first-order valence-corrected chi connectivity index (χ1v) is 8.33. The van der Waals surface area contributed by atoms with Crippen molar-refractivity contribution in [3.8, 4) is 11.5 Å². The van der Waals surface area contributed by atoms with Crippen LogP contribution in [0.4, 0.5) is 0 Å². The maximum Gasteiger partial charge on any atom is 0.306 e. The van der Waals surface area contributed by atoms with E-state index in [2.05, 4.69) is 12.1 Å². The molecular formula is C20H24O4. The number of hydrogen-bond donors (Lipinski definition) is 1. The highest BCUT2D eigenvalue weighted by Gasteiger charge is 2.09. The van der Waals surface area contributed by atoms with E-state index in [1.165, 1.54) is 5.56 Å². The van der Waals surface area contributed by atoms with Crippen LogP contribution in [-0.2, 0) is 22.4 Å². The Hall–Kier alpha value is -2.49. The molecule has 4 heteroatoms. The number of aryl methyl sites for hydroxylation is 2. The van der Waals surface area contributed by atoms with Gasteiger partial charge in [-0.3, -0.25) is 4.79 Å². The maximum absolute atomic E-state index is 11.5. The van der Waals surface area contributed by atoms with Crippen LogP contribution in [0.2, 0.25) is 0 Å². The summed E-state index contributed by atoms with van der Waals surface area (Å²) >= 11 is 0. The lowest BCUT2D eigenvalue weighted by atomic mass is 10.1. The van der Waals surface area contributed by atoms with Crippen LogP contribution in [0.15, 0.2) is 48.5 Å². The summed E-state index contributed by atoms with van der Waals surface area (Å²) in [7, 11) is 0. The van der Waals surface area contributed by atoms with Crippen LogP contribution in [0.25, 0.3) is 0 Å². The van der Waals surface area contributed by atoms with Crippen molar-refractivity contribution in [2.75, 3.05) is 13.2 Å². The molecule has 2 aromatic rings. The number of esters is 1. The van der Waals surface area contributed by atoms with Gasteiger partial charge in [-0.2, -0.15) is 0 Å². The van der Waals surface area contributed by atoms with Gasteiger partial charge in [0.2, 0.25) is 0 Å². The van der Waals surface area contributed by atoms with Gasteiger partial charge in [0.1, 0.15) is 11.5 Å². The van der Waals surface area contributed by atoms with Gasteiger partial charge in [0.15, 0.2) is 0 Å². The molecule has 0 fully saturated rings. The van der Waals surface area contributed by atoms with E-state index in [0.717, 1.165) is 18.4 Å². The van der Waals surface area contributed by atoms with E-state index in [1.54, 1.807) is 25.1 Å². The number of benzene rings is 2. The smallest absolute Gasteiger partial charge is 0.306 e. The summed E-state index contributed by atoms with van der Waals surface area (Å²) in [4.78, 5) is 11.5. The molecule has 2 rings (SSSR count). The molecule has 128 valence electrons. The molecule has 2 aromatic carbocycles. The molecule has 0 radical (unpaired) electrons. The summed E-state index contributed by atoms with van der Waals surface area (Å²) < 4.78 is 10.8. The van der Waals surface area contributed by atoms with Gasteiger partial charge in [0.05, 0.1) is 13.2 Å². The quantitative estimate of drug-likeness (QED) is 0.560. The van der Waals surface area contributed by atoms with Crippen molar-refractivity contribution < 1.29 is 19.4 Å². The maximum atomic E-state index is 11.5. The Morgan fingerprint density at radius 1 is 1.08 bits per heavy atom. The van der Waals surface area contributed by atoms with Crippen molar-refractivity contribution in [2.45, 2.75) is 32.6 Å². The second-order valence-electron chi connectivity index (χ2n) is 5.53. The zero-order chi connectivity index (χ0) is 17.2. The monoisotopic (exact) mass is 328 g/mol. The summed E-state index contributed by atoms with van der Waals surface area (Å²) in [6.45, 7) is 2.74. The molecule has 4 nitrogen and oxygen atoms in total. The number of carbonyl (C=O) groups is 1. The van der Waals surface area contributed by atoms with Gasteiger partial charge >= 0.3 is 5.97 Å². The Morgan fingerprint density at radius 3 is 2.62 bits per heavy atom. The van der Waals surface area contributed by atoms with Crippen LogP contribution in [0, 0.1) is 0 Å². The molecule has 24 heavy (non-hydrogen) atoms. The normalized spacial score (nSPS) is 10.4. The Morgan fingerprint density at radius 2 is 1.88 bits per heavy atom. The Kier molecular flexibility index (Phi) is 7.15. The predicted octanol–water partition coefficient (Wildman–Crippen LogP) is 3.90. The molecule has 0 heterocycles. The number of ether oxygens (including phenoxy) is 2. The Balaban J connectivity index is 1.86. The number of carbonyl (C=O) groups excluding carboxylic acids is 1. The van der Waals surface area contributed by atoms with Crippen molar-refractivity contribution >= 4 is 5.97 Å². The van der Waals surface area contributed by atoms with Crippen LogP contribution in [-0.4, -0.2) is 24.3 Å². The van der Waals surface area contributed by atoms with Crippen molar-refractivity contribution in [3.05, 3.63) is 59.7 Å². The first kappa shape index (κ1) is 17.9. The third-order valence-corrected chi connectivity index (χ3v) is 3.66. The fourth-order valence-electron chi connectivity index (χ4n) is 2.46. The molecule has 0 saturated heterocycles. The van der Waals surface area contributed by atoms with Crippen LogP contribution in [0.1, 0.15) is 30.9 Å². The second kappa shape index (κ2) is 9.60. The molecule has 0 saturated carbocycles. The molecule has 0 aliphatic heterocycles. The lowest BCUT2D eigenvalue weighted by Gasteiger charge is -2.12. The van der Waals surface area contributed by atoms with Gasteiger partial charge < -0.3 is 14.6 Å². The van der Waals surface area contributed by atoms with Gasteiger partial charge in [-0.05, 0) is 43.4 Å². The number of hydrogen-bond acceptors (Lipinski definition) is 4. The molecule has 0 aliphatic carbocycles. The minimum absolute atomic E-state index is 0.160. The molecule has 0 atom stereocenters. The van der Waals surface area contributed by atoms with E-state index < -0.39 is 0 Å². The molecule has 0 bridgehead atoms. The minimum Gasteiger partial charge on any atom is -0.508 e. The van der Waals surface area contributed by atoms with Crippen LogP contribution < -0.4 is 4.74 Å². The lowest BCUT2D eigenvalue weighted by Crippen LogP contribution is -2.07. The van der Waals surface area contributed by atoms with Crippen molar-refractivity contribution in [1.82, 2.24) is 0 Å². The molecule has 1 N–H and O–H groups in total. The largest absolute Gasteiger partial charge is 0.508 e. The predicted molar refractivity (Wildman–Crippen MR) is 93.3 cm³/mol. The summed E-state index contributed by atoms with van der Waals surface area (Å²) in [5, 5.41) is 9.66. The van der Waals surface area contributed by atoms with Gasteiger partial charge in [-0.1, -0.05) is 36.4 Å².